The van der Waals surface area contributed by atoms with Gasteiger partial charge < -0.3 is 15.6 Å². The highest BCUT2D eigenvalue weighted by Gasteiger charge is 2.12. The number of nitrogens with two attached hydrogens (primary N) is 1. The molecule has 3 N–H and O–H groups in total. The standard InChI is InChI=1S/C5H9NO4S2.ClH/c1-10-5(9)12-11-2-3(6)4(7)8;/h3H,2,6H2,1H3,(H,7,8);1H. The van der Waals surface area contributed by atoms with Crippen LogP contribution in [0.3, 0.4) is 0 Å². The lowest BCUT2D eigenvalue weighted by Crippen LogP contribution is -2.32. The fourth-order valence-electron chi connectivity index (χ4n) is 0.261. The van der Waals surface area contributed by atoms with Gasteiger partial charge in [-0.2, -0.15) is 0 Å². The Morgan fingerprint density at radius 3 is 2.54 bits per heavy atom. The minimum atomic E-state index is -1.08. The second-order valence-corrected chi connectivity index (χ2v) is 4.04. The molecule has 0 radical (unpaired) electrons. The summed E-state index contributed by atoms with van der Waals surface area (Å²) in [6, 6.07) is -0.938. The van der Waals surface area contributed by atoms with Gasteiger partial charge in [-0.1, -0.05) is 10.8 Å². The van der Waals surface area contributed by atoms with Gasteiger partial charge >= 0.3 is 11.3 Å². The Hall–Kier alpha value is -0.110. The summed E-state index contributed by atoms with van der Waals surface area (Å²) >= 11 is 0. The minimum absolute atomic E-state index is 0. The van der Waals surface area contributed by atoms with E-state index >= 15 is 0 Å². The first-order valence-corrected chi connectivity index (χ1v) is 5.25. The summed E-state index contributed by atoms with van der Waals surface area (Å²) in [5.41, 5.74) is 5.16. The molecule has 0 aromatic heterocycles. The zero-order chi connectivity index (χ0) is 9.56. The Labute approximate surface area is 89.6 Å². The Morgan fingerprint density at radius 1 is 1.62 bits per heavy atom. The van der Waals surface area contributed by atoms with Crippen LogP contribution in [0.5, 0.6) is 0 Å². The number of hydrogen-bond acceptors (Lipinski definition) is 6. The van der Waals surface area contributed by atoms with Crippen LogP contribution in [0.4, 0.5) is 4.79 Å². The molecule has 0 fully saturated rings. The molecule has 0 spiro atoms. The van der Waals surface area contributed by atoms with Crippen molar-refractivity contribution in [3.05, 3.63) is 0 Å². The minimum Gasteiger partial charge on any atom is -0.480 e. The smallest absolute Gasteiger partial charge is 0.377 e. The van der Waals surface area contributed by atoms with E-state index in [4.69, 9.17) is 10.8 Å². The number of hydrogen-bond donors (Lipinski definition) is 2. The van der Waals surface area contributed by atoms with Gasteiger partial charge in [0.1, 0.15) is 6.04 Å². The lowest BCUT2D eigenvalue weighted by atomic mass is 10.4. The van der Waals surface area contributed by atoms with Crippen molar-refractivity contribution in [3.8, 4) is 0 Å². The Kier molecular flexibility index (Phi) is 10.0. The van der Waals surface area contributed by atoms with Crippen LogP contribution in [0.25, 0.3) is 0 Å². The predicted molar refractivity (Wildman–Crippen MR) is 55.3 cm³/mol. The third-order valence-electron chi connectivity index (χ3n) is 0.858. The zero-order valence-electron chi connectivity index (χ0n) is 6.76. The van der Waals surface area contributed by atoms with Crippen LogP contribution in [-0.4, -0.2) is 35.3 Å². The molecule has 0 bridgehead atoms. The van der Waals surface area contributed by atoms with E-state index < -0.39 is 17.3 Å². The van der Waals surface area contributed by atoms with Crippen LogP contribution in [0.2, 0.25) is 0 Å². The molecule has 0 saturated carbocycles. The van der Waals surface area contributed by atoms with Gasteiger partial charge in [-0.15, -0.1) is 12.4 Å². The van der Waals surface area contributed by atoms with E-state index in [1.165, 1.54) is 7.11 Å². The van der Waals surface area contributed by atoms with E-state index in [0.717, 1.165) is 21.6 Å². The topological polar surface area (TPSA) is 89.6 Å². The molecule has 0 aliphatic carbocycles. The van der Waals surface area contributed by atoms with E-state index in [1.54, 1.807) is 0 Å². The number of carbonyl (C=O) groups excluding carboxylic acids is 1. The lowest BCUT2D eigenvalue weighted by molar-refractivity contribution is -0.137. The van der Waals surface area contributed by atoms with Crippen LogP contribution in [0, 0.1) is 0 Å². The largest absolute Gasteiger partial charge is 0.480 e. The molecule has 0 amide bonds. The second-order valence-electron chi connectivity index (χ2n) is 1.77. The number of carboxylic acid groups (broad SMARTS) is 1. The zero-order valence-corrected chi connectivity index (χ0v) is 9.21. The van der Waals surface area contributed by atoms with Crippen molar-refractivity contribution in [1.29, 1.82) is 0 Å². The molecule has 0 aliphatic heterocycles. The van der Waals surface area contributed by atoms with E-state index in [2.05, 4.69) is 4.74 Å². The van der Waals surface area contributed by atoms with Gasteiger partial charge in [0, 0.05) is 16.5 Å². The molecule has 78 valence electrons. The van der Waals surface area contributed by atoms with Gasteiger partial charge in [-0.05, 0) is 0 Å². The molecule has 1 atom stereocenters. The lowest BCUT2D eigenvalue weighted by Gasteiger charge is -2.03. The number of carbonyl (C=O) groups is 2. The highest BCUT2D eigenvalue weighted by atomic mass is 35.5. The number of halogens is 1. The Bertz CT molecular complexity index is 180. The molecule has 0 rings (SSSR count). The molecular weight excluding hydrogens is 238 g/mol. The fourth-order valence-corrected chi connectivity index (χ4v) is 1.92. The summed E-state index contributed by atoms with van der Waals surface area (Å²) in [5.74, 6) is -0.900. The maximum Gasteiger partial charge on any atom is 0.377 e. The maximum absolute atomic E-state index is 10.5. The van der Waals surface area contributed by atoms with Crippen LogP contribution >= 0.6 is 34.0 Å². The van der Waals surface area contributed by atoms with Gasteiger partial charge in [0.15, 0.2) is 0 Å². The maximum atomic E-state index is 10.5. The van der Waals surface area contributed by atoms with Gasteiger partial charge in [0.05, 0.1) is 7.11 Å². The molecule has 0 aromatic carbocycles. The highest BCUT2D eigenvalue weighted by molar-refractivity contribution is 8.82. The van der Waals surface area contributed by atoms with E-state index in [9.17, 15) is 9.59 Å². The number of carboxylic acids is 1. The monoisotopic (exact) mass is 247 g/mol. The Morgan fingerprint density at radius 2 is 2.15 bits per heavy atom. The molecule has 13 heavy (non-hydrogen) atoms. The third kappa shape index (κ3) is 8.23. The Balaban J connectivity index is 0. The molecule has 8 heteroatoms. The van der Waals surface area contributed by atoms with Crippen molar-refractivity contribution < 1.29 is 19.4 Å². The van der Waals surface area contributed by atoms with Crippen molar-refractivity contribution in [1.82, 2.24) is 0 Å². The molecule has 0 heterocycles. The molecular formula is C5H10ClNO4S2. The van der Waals surface area contributed by atoms with Gasteiger partial charge in [-0.3, -0.25) is 4.79 Å². The molecule has 0 saturated heterocycles. The average molecular weight is 248 g/mol. The normalized spacial score (nSPS) is 11.2. The van der Waals surface area contributed by atoms with Crippen molar-refractivity contribution in [2.45, 2.75) is 6.04 Å². The van der Waals surface area contributed by atoms with Crippen molar-refractivity contribution in [3.63, 3.8) is 0 Å². The average Bonchev–Trinajstić information content (AvgIpc) is 2.03. The summed E-state index contributed by atoms with van der Waals surface area (Å²) in [5, 5.41) is 7.88. The summed E-state index contributed by atoms with van der Waals surface area (Å²) in [7, 11) is 3.15. The van der Waals surface area contributed by atoms with E-state index in [0.29, 0.717) is 0 Å². The van der Waals surface area contributed by atoms with Crippen LogP contribution in [0.1, 0.15) is 0 Å². The summed E-state index contributed by atoms with van der Waals surface area (Å²) in [6.07, 6.45) is 0. The van der Waals surface area contributed by atoms with Gasteiger partial charge in [0.25, 0.3) is 0 Å². The third-order valence-corrected chi connectivity index (χ3v) is 2.94. The highest BCUT2D eigenvalue weighted by Crippen LogP contribution is 2.23. The van der Waals surface area contributed by atoms with Crippen LogP contribution < -0.4 is 5.73 Å². The van der Waals surface area contributed by atoms with Gasteiger partial charge in [-0.25, -0.2) is 4.79 Å². The van der Waals surface area contributed by atoms with Gasteiger partial charge in [0.2, 0.25) is 0 Å². The number of aliphatic carboxylic acids is 1. The first-order chi connectivity index (χ1) is 5.57. The molecule has 1 unspecified atom stereocenters. The van der Waals surface area contributed by atoms with Crippen molar-refractivity contribution in [2.75, 3.05) is 12.9 Å². The molecule has 5 nitrogen and oxygen atoms in total. The fraction of sp³-hybridized carbons (Fsp3) is 0.600. The number of methoxy groups -OCH3 is 1. The number of ether oxygens (including phenoxy) is 1. The first kappa shape index (κ1) is 15.4. The predicted octanol–water partition coefficient (Wildman–Crippen LogP) is 0.968. The molecule has 0 aromatic rings. The summed E-state index contributed by atoms with van der Waals surface area (Å²) in [6.45, 7) is 0. The van der Waals surface area contributed by atoms with Crippen molar-refractivity contribution >= 4 is 45.3 Å². The SMILES string of the molecule is COC(=O)SSCC(N)C(=O)O.Cl. The first-order valence-electron chi connectivity index (χ1n) is 2.93. The second kappa shape index (κ2) is 8.49. The van der Waals surface area contributed by atoms with E-state index in [-0.39, 0.29) is 18.2 Å². The van der Waals surface area contributed by atoms with Crippen LogP contribution in [-0.2, 0) is 9.53 Å². The summed E-state index contributed by atoms with van der Waals surface area (Å²) in [4.78, 5) is 20.7. The van der Waals surface area contributed by atoms with E-state index in [1.807, 2.05) is 0 Å². The summed E-state index contributed by atoms with van der Waals surface area (Å²) < 4.78 is 4.31. The number of rotatable bonds is 4. The quantitative estimate of drug-likeness (QED) is 0.565. The molecule has 0 aliphatic rings. The van der Waals surface area contributed by atoms with Crippen molar-refractivity contribution in [2.24, 2.45) is 5.73 Å². The van der Waals surface area contributed by atoms with Crippen LogP contribution in [0.15, 0.2) is 0 Å².